The SMILES string of the molecule is O=C(NN=Cc1cccs1)c1cc(-c2ccc3c4c(cccc24)CC3)n[nH]1. The number of thiophene rings is 1. The van der Waals surface area contributed by atoms with E-state index in [4.69, 9.17) is 0 Å². The molecule has 2 aromatic heterocycles. The van der Waals surface area contributed by atoms with Gasteiger partial charge in [-0.05, 0) is 52.3 Å². The number of benzene rings is 2. The van der Waals surface area contributed by atoms with Crippen molar-refractivity contribution in [3.8, 4) is 11.3 Å². The summed E-state index contributed by atoms with van der Waals surface area (Å²) < 4.78 is 0. The zero-order valence-corrected chi connectivity index (χ0v) is 15.2. The third kappa shape index (κ3) is 2.84. The lowest BCUT2D eigenvalue weighted by atomic mass is 9.98. The van der Waals surface area contributed by atoms with Crippen LogP contribution in [0.4, 0.5) is 0 Å². The molecule has 27 heavy (non-hydrogen) atoms. The van der Waals surface area contributed by atoms with Crippen molar-refractivity contribution in [1.82, 2.24) is 15.6 Å². The van der Waals surface area contributed by atoms with E-state index in [1.807, 2.05) is 17.5 Å². The highest BCUT2D eigenvalue weighted by molar-refractivity contribution is 7.11. The minimum absolute atomic E-state index is 0.313. The summed E-state index contributed by atoms with van der Waals surface area (Å²) in [4.78, 5) is 13.3. The predicted molar refractivity (Wildman–Crippen MR) is 108 cm³/mol. The molecule has 2 heterocycles. The number of aryl methyl sites for hydroxylation is 2. The molecule has 0 atom stereocenters. The van der Waals surface area contributed by atoms with Crippen LogP contribution in [0, 0.1) is 0 Å². The van der Waals surface area contributed by atoms with E-state index in [-0.39, 0.29) is 5.91 Å². The lowest BCUT2D eigenvalue weighted by Crippen LogP contribution is -2.17. The second kappa shape index (κ2) is 6.48. The van der Waals surface area contributed by atoms with Crippen molar-refractivity contribution in [2.75, 3.05) is 0 Å². The van der Waals surface area contributed by atoms with E-state index in [9.17, 15) is 4.79 Å². The summed E-state index contributed by atoms with van der Waals surface area (Å²) in [6.07, 6.45) is 3.81. The first-order chi connectivity index (χ1) is 13.3. The van der Waals surface area contributed by atoms with E-state index < -0.39 is 0 Å². The van der Waals surface area contributed by atoms with Crippen molar-refractivity contribution >= 4 is 34.2 Å². The fraction of sp³-hybridized carbons (Fsp3) is 0.0952. The van der Waals surface area contributed by atoms with Crippen LogP contribution >= 0.6 is 11.3 Å². The molecular formula is C21H16N4OS. The summed E-state index contributed by atoms with van der Waals surface area (Å²) in [7, 11) is 0. The molecule has 0 saturated heterocycles. The van der Waals surface area contributed by atoms with Crippen LogP contribution in [-0.2, 0) is 12.8 Å². The lowest BCUT2D eigenvalue weighted by Gasteiger charge is -2.06. The molecular weight excluding hydrogens is 356 g/mol. The highest BCUT2D eigenvalue weighted by atomic mass is 32.1. The van der Waals surface area contributed by atoms with Crippen LogP contribution in [0.15, 0.2) is 59.0 Å². The maximum atomic E-state index is 12.3. The molecule has 0 radical (unpaired) electrons. The number of nitrogens with zero attached hydrogens (tertiary/aromatic N) is 2. The number of hydrazone groups is 1. The van der Waals surface area contributed by atoms with Gasteiger partial charge in [-0.2, -0.15) is 10.2 Å². The monoisotopic (exact) mass is 372 g/mol. The molecule has 0 aliphatic heterocycles. The number of aromatic nitrogens is 2. The van der Waals surface area contributed by atoms with Gasteiger partial charge in [0.25, 0.3) is 5.91 Å². The zero-order chi connectivity index (χ0) is 18.2. The third-order valence-electron chi connectivity index (χ3n) is 4.88. The summed E-state index contributed by atoms with van der Waals surface area (Å²) in [5.41, 5.74) is 7.50. The number of aromatic amines is 1. The van der Waals surface area contributed by atoms with Crippen LogP contribution < -0.4 is 5.43 Å². The first kappa shape index (κ1) is 16.0. The quantitative estimate of drug-likeness (QED) is 0.417. The molecule has 6 heteroatoms. The van der Waals surface area contributed by atoms with Gasteiger partial charge < -0.3 is 0 Å². The van der Waals surface area contributed by atoms with Gasteiger partial charge in [-0.15, -0.1) is 11.3 Å². The van der Waals surface area contributed by atoms with Crippen molar-refractivity contribution < 1.29 is 4.79 Å². The Hall–Kier alpha value is -3.25. The Labute approximate surface area is 159 Å². The largest absolute Gasteiger partial charge is 0.289 e. The molecule has 1 amide bonds. The normalized spacial score (nSPS) is 12.9. The van der Waals surface area contributed by atoms with Crippen molar-refractivity contribution in [3.63, 3.8) is 0 Å². The van der Waals surface area contributed by atoms with Gasteiger partial charge >= 0.3 is 0 Å². The molecule has 0 unspecified atom stereocenters. The molecule has 0 fully saturated rings. The lowest BCUT2D eigenvalue weighted by molar-refractivity contribution is 0.0950. The summed E-state index contributed by atoms with van der Waals surface area (Å²) in [5, 5.41) is 15.7. The third-order valence-corrected chi connectivity index (χ3v) is 5.68. The first-order valence-electron chi connectivity index (χ1n) is 8.76. The van der Waals surface area contributed by atoms with Crippen LogP contribution in [-0.4, -0.2) is 22.3 Å². The Morgan fingerprint density at radius 3 is 2.89 bits per heavy atom. The van der Waals surface area contributed by atoms with Crippen LogP contribution in [0.3, 0.4) is 0 Å². The number of amides is 1. The maximum Gasteiger partial charge on any atom is 0.289 e. The molecule has 4 aromatic rings. The molecule has 5 nitrogen and oxygen atoms in total. The summed E-state index contributed by atoms with van der Waals surface area (Å²) in [6, 6.07) is 16.3. The number of carbonyl (C=O) groups is 1. The second-order valence-electron chi connectivity index (χ2n) is 6.49. The predicted octanol–water partition coefficient (Wildman–Crippen LogP) is 4.15. The summed E-state index contributed by atoms with van der Waals surface area (Å²) in [6.45, 7) is 0. The van der Waals surface area contributed by atoms with Gasteiger partial charge in [0.1, 0.15) is 5.69 Å². The molecule has 0 saturated carbocycles. The Bertz CT molecular complexity index is 1160. The first-order valence-corrected chi connectivity index (χ1v) is 9.64. The fourth-order valence-corrected chi connectivity index (χ4v) is 4.21. The van der Waals surface area contributed by atoms with E-state index in [0.717, 1.165) is 29.0 Å². The molecule has 2 aromatic carbocycles. The van der Waals surface area contributed by atoms with Crippen molar-refractivity contribution in [2.45, 2.75) is 12.8 Å². The average molecular weight is 372 g/mol. The molecule has 132 valence electrons. The molecule has 1 aliphatic rings. The van der Waals surface area contributed by atoms with Gasteiger partial charge in [-0.1, -0.05) is 36.4 Å². The minimum Gasteiger partial charge on any atom is -0.272 e. The molecule has 0 bridgehead atoms. The zero-order valence-electron chi connectivity index (χ0n) is 14.4. The van der Waals surface area contributed by atoms with Gasteiger partial charge in [-0.3, -0.25) is 9.89 Å². The van der Waals surface area contributed by atoms with E-state index >= 15 is 0 Å². The standard InChI is InChI=1S/C21H16N4OS/c26-21(25-22-12-15-4-2-10-27-15)19-11-18(23-24-19)16-9-8-14-7-6-13-3-1-5-17(16)20(13)14/h1-5,8-12H,6-7H2,(H,23,24)(H,25,26). The molecule has 2 N–H and O–H groups in total. The highest BCUT2D eigenvalue weighted by Crippen LogP contribution is 2.36. The number of nitrogens with one attached hydrogen (secondary N) is 2. The maximum absolute atomic E-state index is 12.3. The molecule has 5 rings (SSSR count). The van der Waals surface area contributed by atoms with Gasteiger partial charge in [0.2, 0.25) is 0 Å². The minimum atomic E-state index is -0.313. The van der Waals surface area contributed by atoms with Gasteiger partial charge in [0.05, 0.1) is 11.9 Å². The Morgan fingerprint density at radius 2 is 2.04 bits per heavy atom. The molecule has 0 spiro atoms. The summed E-state index contributed by atoms with van der Waals surface area (Å²) >= 11 is 1.56. The Kier molecular flexibility index (Phi) is 3.83. The van der Waals surface area contributed by atoms with Gasteiger partial charge in [0.15, 0.2) is 0 Å². The number of H-pyrrole nitrogens is 1. The van der Waals surface area contributed by atoms with Crippen LogP contribution in [0.5, 0.6) is 0 Å². The van der Waals surface area contributed by atoms with Crippen LogP contribution in [0.2, 0.25) is 0 Å². The van der Waals surface area contributed by atoms with E-state index in [1.165, 1.54) is 21.9 Å². The van der Waals surface area contributed by atoms with Crippen molar-refractivity contribution in [2.24, 2.45) is 5.10 Å². The number of hydrogen-bond acceptors (Lipinski definition) is 4. The Morgan fingerprint density at radius 1 is 1.15 bits per heavy atom. The number of rotatable bonds is 4. The smallest absolute Gasteiger partial charge is 0.272 e. The second-order valence-corrected chi connectivity index (χ2v) is 7.47. The van der Waals surface area contributed by atoms with Crippen LogP contribution in [0.25, 0.3) is 22.0 Å². The van der Waals surface area contributed by atoms with Crippen molar-refractivity contribution in [1.29, 1.82) is 0 Å². The summed E-state index contributed by atoms with van der Waals surface area (Å²) in [5.74, 6) is -0.313. The topological polar surface area (TPSA) is 70.1 Å². The Balaban J connectivity index is 1.43. The molecule has 1 aliphatic carbocycles. The number of hydrogen-bond donors (Lipinski definition) is 2. The number of carbonyl (C=O) groups excluding carboxylic acids is 1. The van der Waals surface area contributed by atoms with Gasteiger partial charge in [0, 0.05) is 10.4 Å². The van der Waals surface area contributed by atoms with E-state index in [1.54, 1.807) is 23.6 Å². The average Bonchev–Trinajstić information content (AvgIpc) is 3.44. The van der Waals surface area contributed by atoms with E-state index in [2.05, 4.69) is 51.1 Å². The van der Waals surface area contributed by atoms with Gasteiger partial charge in [-0.25, -0.2) is 5.43 Å². The van der Waals surface area contributed by atoms with Crippen molar-refractivity contribution in [3.05, 3.63) is 75.6 Å². The van der Waals surface area contributed by atoms with Crippen LogP contribution in [0.1, 0.15) is 26.5 Å². The highest BCUT2D eigenvalue weighted by Gasteiger charge is 2.18. The fourth-order valence-electron chi connectivity index (χ4n) is 3.63. The van der Waals surface area contributed by atoms with E-state index in [0.29, 0.717) is 5.69 Å².